The van der Waals surface area contributed by atoms with Crippen LogP contribution in [0.5, 0.6) is 0 Å². The molecule has 1 fully saturated rings. The number of carboxylic acids is 1. The number of aromatic nitrogens is 2. The number of esters is 2. The number of hydrogen-bond donors (Lipinski definition) is 1. The van der Waals surface area contributed by atoms with Gasteiger partial charge in [0.15, 0.2) is 5.69 Å². The Morgan fingerprint density at radius 1 is 1.05 bits per heavy atom. The summed E-state index contributed by atoms with van der Waals surface area (Å²) in [4.78, 5) is 40.9. The summed E-state index contributed by atoms with van der Waals surface area (Å²) in [6, 6.07) is 15.7. The van der Waals surface area contributed by atoms with E-state index in [4.69, 9.17) is 14.2 Å². The Bertz CT molecular complexity index is 1340. The molecule has 0 saturated carbocycles. The van der Waals surface area contributed by atoms with Crippen LogP contribution in [0.25, 0.3) is 0 Å². The average molecular weight is 504 g/mol. The van der Waals surface area contributed by atoms with E-state index in [9.17, 15) is 24.8 Å². The summed E-state index contributed by atoms with van der Waals surface area (Å²) in [5.41, 5.74) is 2.61. The number of imidazole rings is 1. The molecule has 10 heteroatoms. The number of benzene rings is 2. The number of rotatable bonds is 8. The van der Waals surface area contributed by atoms with Crippen molar-refractivity contribution in [1.82, 2.24) is 9.55 Å². The van der Waals surface area contributed by atoms with Gasteiger partial charge in [-0.1, -0.05) is 35.4 Å². The van der Waals surface area contributed by atoms with Gasteiger partial charge in [-0.3, -0.25) is 0 Å². The Labute approximate surface area is 213 Å². The number of nitrogens with zero attached hydrogens (tertiary/aromatic N) is 3. The third-order valence-corrected chi connectivity index (χ3v) is 6.05. The molecule has 3 aromatic rings. The highest BCUT2D eigenvalue weighted by atomic mass is 16.6. The highest BCUT2D eigenvalue weighted by molar-refractivity contribution is 5.90. The van der Waals surface area contributed by atoms with Crippen LogP contribution in [0.1, 0.15) is 60.7 Å². The largest absolute Gasteiger partial charge is 0.476 e. The van der Waals surface area contributed by atoms with Crippen LogP contribution in [-0.2, 0) is 20.6 Å². The SMILES string of the molecule is Cc1ccc(C(=O)OC[C@H]2O[C@H](n3cnc(C(=O)O)c3CC#N)C[C@@H]2OC(=O)c2ccc(C)cc2)cc1. The van der Waals surface area contributed by atoms with Gasteiger partial charge >= 0.3 is 17.9 Å². The summed E-state index contributed by atoms with van der Waals surface area (Å²) in [5, 5.41) is 18.6. The van der Waals surface area contributed by atoms with E-state index in [0.29, 0.717) is 11.1 Å². The monoisotopic (exact) mass is 503 g/mol. The number of ether oxygens (including phenoxy) is 3. The van der Waals surface area contributed by atoms with Gasteiger partial charge < -0.3 is 23.9 Å². The first kappa shape index (κ1) is 25.6. The molecule has 1 aliphatic heterocycles. The molecular formula is C27H25N3O7. The second-order valence-corrected chi connectivity index (χ2v) is 8.73. The maximum atomic E-state index is 12.8. The molecule has 1 N–H and O–H groups in total. The normalized spacial score (nSPS) is 18.7. The molecule has 4 rings (SSSR count). The van der Waals surface area contributed by atoms with Crippen LogP contribution >= 0.6 is 0 Å². The zero-order valence-electron chi connectivity index (χ0n) is 20.3. The van der Waals surface area contributed by atoms with Crippen molar-refractivity contribution in [3.05, 3.63) is 88.5 Å². The van der Waals surface area contributed by atoms with Crippen molar-refractivity contribution in [2.75, 3.05) is 6.61 Å². The van der Waals surface area contributed by atoms with E-state index in [1.807, 2.05) is 19.9 Å². The second-order valence-electron chi connectivity index (χ2n) is 8.73. The van der Waals surface area contributed by atoms with Crippen molar-refractivity contribution in [2.45, 2.75) is 45.1 Å². The van der Waals surface area contributed by atoms with Crippen molar-refractivity contribution in [2.24, 2.45) is 0 Å². The summed E-state index contributed by atoms with van der Waals surface area (Å²) >= 11 is 0. The number of carboxylic acid groups (broad SMARTS) is 1. The Balaban J connectivity index is 1.55. The van der Waals surface area contributed by atoms with Crippen LogP contribution in [0.15, 0.2) is 54.9 Å². The van der Waals surface area contributed by atoms with Gasteiger partial charge in [-0.05, 0) is 38.1 Å². The van der Waals surface area contributed by atoms with Crippen LogP contribution in [0.4, 0.5) is 0 Å². The fourth-order valence-corrected chi connectivity index (χ4v) is 4.03. The van der Waals surface area contributed by atoms with Gasteiger partial charge in [0.25, 0.3) is 0 Å². The van der Waals surface area contributed by atoms with Crippen molar-refractivity contribution >= 4 is 17.9 Å². The molecule has 2 aromatic carbocycles. The molecule has 0 amide bonds. The Kier molecular flexibility index (Phi) is 7.65. The summed E-state index contributed by atoms with van der Waals surface area (Å²) in [6.45, 7) is 3.60. The zero-order chi connectivity index (χ0) is 26.5. The molecule has 0 aliphatic carbocycles. The van der Waals surface area contributed by atoms with Gasteiger partial charge in [0, 0.05) is 6.42 Å². The molecule has 0 spiro atoms. The van der Waals surface area contributed by atoms with Gasteiger partial charge in [0.05, 0.1) is 35.6 Å². The standard InChI is InChI=1S/C27H25N3O7/c1-16-3-7-18(8-4-16)26(33)35-14-22-21(37-27(34)19-9-5-17(2)6-10-19)13-23(36-22)30-15-29-24(25(31)32)20(30)11-12-28/h3-10,15,21-23H,11,13-14H2,1-2H3,(H,31,32)/t21-,22+,23-/m0/s1. The summed E-state index contributed by atoms with van der Waals surface area (Å²) in [5.74, 6) is -2.40. The first-order chi connectivity index (χ1) is 17.8. The molecular weight excluding hydrogens is 478 g/mol. The molecule has 2 heterocycles. The zero-order valence-corrected chi connectivity index (χ0v) is 20.3. The maximum absolute atomic E-state index is 12.8. The van der Waals surface area contributed by atoms with Crippen LogP contribution in [0, 0.1) is 25.2 Å². The Morgan fingerprint density at radius 3 is 2.22 bits per heavy atom. The average Bonchev–Trinajstić information content (AvgIpc) is 3.47. The lowest BCUT2D eigenvalue weighted by Crippen LogP contribution is -2.32. The molecule has 1 saturated heterocycles. The maximum Gasteiger partial charge on any atom is 0.356 e. The van der Waals surface area contributed by atoms with E-state index in [0.717, 1.165) is 11.1 Å². The van der Waals surface area contributed by atoms with Crippen molar-refractivity contribution < 1.29 is 33.7 Å². The highest BCUT2D eigenvalue weighted by Gasteiger charge is 2.41. The lowest BCUT2D eigenvalue weighted by molar-refractivity contribution is -0.0576. The summed E-state index contributed by atoms with van der Waals surface area (Å²) in [7, 11) is 0. The fraction of sp³-hybridized carbons (Fsp3) is 0.296. The second kappa shape index (κ2) is 11.1. The predicted molar refractivity (Wildman–Crippen MR) is 129 cm³/mol. The van der Waals surface area contributed by atoms with Gasteiger partial charge in [-0.25, -0.2) is 19.4 Å². The molecule has 0 unspecified atom stereocenters. The van der Waals surface area contributed by atoms with E-state index in [1.165, 1.54) is 10.9 Å². The van der Waals surface area contributed by atoms with Gasteiger partial charge in [-0.2, -0.15) is 5.26 Å². The van der Waals surface area contributed by atoms with E-state index in [1.54, 1.807) is 48.5 Å². The summed E-state index contributed by atoms with van der Waals surface area (Å²) in [6.07, 6.45) is -1.22. The molecule has 1 aliphatic rings. The van der Waals surface area contributed by atoms with Crippen LogP contribution in [0.2, 0.25) is 0 Å². The fourth-order valence-electron chi connectivity index (χ4n) is 4.03. The number of nitriles is 1. The molecule has 3 atom stereocenters. The third kappa shape index (κ3) is 5.85. The van der Waals surface area contributed by atoms with E-state index in [-0.39, 0.29) is 30.8 Å². The van der Waals surface area contributed by atoms with E-state index >= 15 is 0 Å². The first-order valence-electron chi connectivity index (χ1n) is 11.6. The number of carbonyl (C=O) groups excluding carboxylic acids is 2. The predicted octanol–water partition coefficient (Wildman–Crippen LogP) is 3.63. The first-order valence-corrected chi connectivity index (χ1v) is 11.6. The molecule has 0 bridgehead atoms. The van der Waals surface area contributed by atoms with Crippen LogP contribution < -0.4 is 0 Å². The number of carbonyl (C=O) groups is 3. The third-order valence-electron chi connectivity index (χ3n) is 6.05. The molecule has 10 nitrogen and oxygen atoms in total. The Hall–Kier alpha value is -4.49. The van der Waals surface area contributed by atoms with Crippen LogP contribution in [-0.4, -0.2) is 51.4 Å². The van der Waals surface area contributed by atoms with Gasteiger partial charge in [0.1, 0.15) is 25.0 Å². The molecule has 0 radical (unpaired) electrons. The molecule has 37 heavy (non-hydrogen) atoms. The minimum atomic E-state index is -1.27. The minimum absolute atomic E-state index is 0.137. The highest BCUT2D eigenvalue weighted by Crippen LogP contribution is 2.33. The summed E-state index contributed by atoms with van der Waals surface area (Å²) < 4.78 is 18.7. The van der Waals surface area contributed by atoms with Crippen LogP contribution in [0.3, 0.4) is 0 Å². The Morgan fingerprint density at radius 2 is 1.65 bits per heavy atom. The quantitative estimate of drug-likeness (QED) is 0.456. The minimum Gasteiger partial charge on any atom is -0.476 e. The lowest BCUT2D eigenvalue weighted by Gasteiger charge is -2.19. The van der Waals surface area contributed by atoms with Crippen molar-refractivity contribution in [1.29, 1.82) is 5.26 Å². The smallest absolute Gasteiger partial charge is 0.356 e. The van der Waals surface area contributed by atoms with E-state index < -0.39 is 36.3 Å². The number of aryl methyl sites for hydroxylation is 2. The lowest BCUT2D eigenvalue weighted by atomic mass is 10.1. The van der Waals surface area contributed by atoms with Crippen molar-refractivity contribution in [3.8, 4) is 6.07 Å². The van der Waals surface area contributed by atoms with Gasteiger partial charge in [0.2, 0.25) is 0 Å². The molecule has 1 aromatic heterocycles. The number of hydrogen-bond acceptors (Lipinski definition) is 8. The van der Waals surface area contributed by atoms with E-state index in [2.05, 4.69) is 4.98 Å². The van der Waals surface area contributed by atoms with Crippen molar-refractivity contribution in [3.63, 3.8) is 0 Å². The topological polar surface area (TPSA) is 141 Å². The van der Waals surface area contributed by atoms with Gasteiger partial charge in [-0.15, -0.1) is 0 Å². The number of aromatic carboxylic acids is 1. The molecule has 190 valence electrons.